The molecule has 3 nitrogen and oxygen atoms in total. The lowest BCUT2D eigenvalue weighted by molar-refractivity contribution is -0.156. The highest BCUT2D eigenvalue weighted by molar-refractivity contribution is 4.97. The van der Waals surface area contributed by atoms with Crippen LogP contribution in [0.2, 0.25) is 0 Å². The number of rotatable bonds is 0. The van der Waals surface area contributed by atoms with Crippen molar-refractivity contribution in [3.05, 3.63) is 0 Å². The summed E-state index contributed by atoms with van der Waals surface area (Å²) in [6, 6.07) is 0. The second-order valence-electron chi connectivity index (χ2n) is 4.66. The van der Waals surface area contributed by atoms with Gasteiger partial charge in [0.2, 0.25) is 0 Å². The molecule has 3 fully saturated rings. The van der Waals surface area contributed by atoms with Gasteiger partial charge in [-0.2, -0.15) is 0 Å². The van der Waals surface area contributed by atoms with Crippen molar-refractivity contribution in [2.75, 3.05) is 13.2 Å². The predicted octanol–water partition coefficient (Wildman–Crippen LogP) is 0.910. The van der Waals surface area contributed by atoms with Crippen LogP contribution in [0.3, 0.4) is 0 Å². The second-order valence-corrected chi connectivity index (χ2v) is 4.66. The van der Waals surface area contributed by atoms with Crippen molar-refractivity contribution in [3.8, 4) is 0 Å². The molecular weight excluding hydrogens is 168 g/mol. The molecule has 0 aromatic rings. The topological polar surface area (TPSA) is 38.7 Å². The lowest BCUT2D eigenvalue weighted by Crippen LogP contribution is -2.27. The van der Waals surface area contributed by atoms with Gasteiger partial charge in [0.05, 0.1) is 19.3 Å². The zero-order valence-electron chi connectivity index (χ0n) is 7.74. The van der Waals surface area contributed by atoms with Gasteiger partial charge in [-0.25, -0.2) is 0 Å². The Balaban J connectivity index is 1.73. The molecule has 3 atom stereocenters. The van der Waals surface area contributed by atoms with Crippen LogP contribution >= 0.6 is 0 Å². The molecule has 0 amide bonds. The van der Waals surface area contributed by atoms with Crippen LogP contribution in [-0.4, -0.2) is 30.2 Å². The van der Waals surface area contributed by atoms with Gasteiger partial charge in [0, 0.05) is 12.8 Å². The first-order valence-electron chi connectivity index (χ1n) is 5.23. The maximum atomic E-state index is 9.48. The van der Waals surface area contributed by atoms with E-state index in [1.54, 1.807) is 0 Å². The van der Waals surface area contributed by atoms with Gasteiger partial charge in [-0.15, -0.1) is 0 Å². The van der Waals surface area contributed by atoms with Crippen molar-refractivity contribution in [3.63, 3.8) is 0 Å². The Morgan fingerprint density at radius 2 is 1.54 bits per heavy atom. The number of hydrogen-bond acceptors (Lipinski definition) is 3. The van der Waals surface area contributed by atoms with Gasteiger partial charge in [0.1, 0.15) is 0 Å². The lowest BCUT2D eigenvalue weighted by atomic mass is 10.0. The van der Waals surface area contributed by atoms with Crippen molar-refractivity contribution < 1.29 is 14.6 Å². The standard InChI is InChI=1S/C10H16O3/c11-9-3-7-5-10(6-8(7)4-9)12-1-2-13-10/h7-9,11H,1-6H2/t7-,8+,9?. The van der Waals surface area contributed by atoms with E-state index in [4.69, 9.17) is 9.47 Å². The van der Waals surface area contributed by atoms with E-state index >= 15 is 0 Å². The average Bonchev–Trinajstić information content (AvgIpc) is 2.67. The molecule has 3 heteroatoms. The smallest absolute Gasteiger partial charge is 0.169 e. The second kappa shape index (κ2) is 2.69. The molecule has 2 aliphatic carbocycles. The minimum Gasteiger partial charge on any atom is -0.393 e. The first kappa shape index (κ1) is 8.21. The highest BCUT2D eigenvalue weighted by Gasteiger charge is 2.52. The molecule has 0 bridgehead atoms. The predicted molar refractivity (Wildman–Crippen MR) is 46.1 cm³/mol. The van der Waals surface area contributed by atoms with E-state index in [0.29, 0.717) is 11.8 Å². The van der Waals surface area contributed by atoms with Crippen molar-refractivity contribution in [1.29, 1.82) is 0 Å². The van der Waals surface area contributed by atoms with Gasteiger partial charge in [-0.3, -0.25) is 0 Å². The number of ether oxygens (including phenoxy) is 2. The fourth-order valence-corrected chi connectivity index (χ4v) is 3.30. The SMILES string of the molecule is OC1C[C@@H]2CC3(C[C@@H]2C1)OCCO3. The number of fused-ring (bicyclic) bond motifs is 1. The summed E-state index contributed by atoms with van der Waals surface area (Å²) in [4.78, 5) is 0. The molecule has 1 unspecified atom stereocenters. The van der Waals surface area contributed by atoms with Crippen LogP contribution in [0.25, 0.3) is 0 Å². The molecule has 0 radical (unpaired) electrons. The van der Waals surface area contributed by atoms with Crippen LogP contribution in [0, 0.1) is 11.8 Å². The molecule has 1 spiro atoms. The Kier molecular flexibility index (Phi) is 1.70. The molecule has 1 heterocycles. The Morgan fingerprint density at radius 1 is 1.00 bits per heavy atom. The summed E-state index contributed by atoms with van der Waals surface area (Å²) in [5.41, 5.74) is 0. The van der Waals surface area contributed by atoms with Crippen LogP contribution < -0.4 is 0 Å². The van der Waals surface area contributed by atoms with E-state index in [9.17, 15) is 5.11 Å². The third-order valence-electron chi connectivity index (χ3n) is 3.78. The minimum atomic E-state index is -0.241. The van der Waals surface area contributed by atoms with E-state index in [-0.39, 0.29) is 11.9 Å². The average molecular weight is 184 g/mol. The van der Waals surface area contributed by atoms with Crippen LogP contribution in [0.15, 0.2) is 0 Å². The third kappa shape index (κ3) is 1.22. The van der Waals surface area contributed by atoms with Crippen LogP contribution in [0.5, 0.6) is 0 Å². The van der Waals surface area contributed by atoms with Gasteiger partial charge in [0.15, 0.2) is 5.79 Å². The van der Waals surface area contributed by atoms with Crippen molar-refractivity contribution >= 4 is 0 Å². The quantitative estimate of drug-likeness (QED) is 0.608. The van der Waals surface area contributed by atoms with Gasteiger partial charge in [-0.05, 0) is 24.7 Å². The Labute approximate surface area is 78.0 Å². The van der Waals surface area contributed by atoms with E-state index in [2.05, 4.69) is 0 Å². The van der Waals surface area contributed by atoms with Crippen LogP contribution in [0.4, 0.5) is 0 Å². The van der Waals surface area contributed by atoms with E-state index in [0.717, 1.165) is 38.9 Å². The third-order valence-corrected chi connectivity index (χ3v) is 3.78. The first-order chi connectivity index (χ1) is 6.27. The van der Waals surface area contributed by atoms with E-state index in [1.807, 2.05) is 0 Å². The molecule has 1 aliphatic heterocycles. The van der Waals surface area contributed by atoms with Crippen LogP contribution in [-0.2, 0) is 9.47 Å². The summed E-state index contributed by atoms with van der Waals surface area (Å²) >= 11 is 0. The molecule has 3 aliphatic rings. The molecule has 0 aromatic carbocycles. The largest absolute Gasteiger partial charge is 0.393 e. The zero-order chi connectivity index (χ0) is 8.89. The number of aliphatic hydroxyl groups is 1. The fourth-order valence-electron chi connectivity index (χ4n) is 3.30. The highest BCUT2D eigenvalue weighted by atomic mass is 16.7. The van der Waals surface area contributed by atoms with Gasteiger partial charge in [-0.1, -0.05) is 0 Å². The summed E-state index contributed by atoms with van der Waals surface area (Å²) in [7, 11) is 0. The minimum absolute atomic E-state index is 0.0613. The maximum absolute atomic E-state index is 9.48. The van der Waals surface area contributed by atoms with Crippen molar-refractivity contribution in [2.24, 2.45) is 11.8 Å². The summed E-state index contributed by atoms with van der Waals surface area (Å²) in [6.45, 7) is 1.50. The maximum Gasteiger partial charge on any atom is 0.169 e. The molecule has 3 rings (SSSR count). The summed E-state index contributed by atoms with van der Waals surface area (Å²) in [6.07, 6.45) is 3.87. The molecule has 0 aromatic heterocycles. The Bertz CT molecular complexity index is 194. The lowest BCUT2D eigenvalue weighted by Gasteiger charge is -2.22. The Hall–Kier alpha value is -0.120. The molecular formula is C10H16O3. The van der Waals surface area contributed by atoms with Crippen molar-refractivity contribution in [2.45, 2.75) is 37.6 Å². The normalized spacial score (nSPS) is 47.3. The number of aliphatic hydroxyl groups excluding tert-OH is 1. The molecule has 1 N–H and O–H groups in total. The summed E-state index contributed by atoms with van der Waals surface area (Å²) < 4.78 is 11.3. The van der Waals surface area contributed by atoms with Crippen LogP contribution in [0.1, 0.15) is 25.7 Å². The fraction of sp³-hybridized carbons (Fsp3) is 1.00. The first-order valence-corrected chi connectivity index (χ1v) is 5.23. The summed E-state index contributed by atoms with van der Waals surface area (Å²) in [5, 5.41) is 9.48. The van der Waals surface area contributed by atoms with Gasteiger partial charge < -0.3 is 14.6 Å². The zero-order valence-corrected chi connectivity index (χ0v) is 7.74. The number of hydrogen-bond donors (Lipinski definition) is 1. The van der Waals surface area contributed by atoms with Gasteiger partial charge in [0.25, 0.3) is 0 Å². The molecule has 2 saturated carbocycles. The molecule has 1 saturated heterocycles. The highest BCUT2D eigenvalue weighted by Crippen LogP contribution is 2.51. The van der Waals surface area contributed by atoms with Crippen molar-refractivity contribution in [1.82, 2.24) is 0 Å². The Morgan fingerprint density at radius 3 is 2.08 bits per heavy atom. The summed E-state index contributed by atoms with van der Waals surface area (Å²) in [5.74, 6) is 1.05. The van der Waals surface area contributed by atoms with E-state index in [1.165, 1.54) is 0 Å². The van der Waals surface area contributed by atoms with E-state index < -0.39 is 0 Å². The molecule has 13 heavy (non-hydrogen) atoms. The van der Waals surface area contributed by atoms with Gasteiger partial charge >= 0.3 is 0 Å². The monoisotopic (exact) mass is 184 g/mol. The molecule has 74 valence electrons.